The monoisotopic (exact) mass is 269 g/mol. The third-order valence-electron chi connectivity index (χ3n) is 2.83. The first-order valence-electron chi connectivity index (χ1n) is 6.45. The lowest BCUT2D eigenvalue weighted by molar-refractivity contribution is 0.102. The maximum Gasteiger partial charge on any atom is 0.255 e. The molecule has 0 aliphatic carbocycles. The zero-order chi connectivity index (χ0) is 14.5. The Balaban J connectivity index is 2.13. The summed E-state index contributed by atoms with van der Waals surface area (Å²) in [6.07, 6.45) is 0. The van der Waals surface area contributed by atoms with E-state index in [-0.39, 0.29) is 5.91 Å². The normalized spacial score (nSPS) is 10.6. The molecule has 0 fully saturated rings. The molecule has 0 saturated carbocycles. The van der Waals surface area contributed by atoms with Crippen LogP contribution in [0.2, 0.25) is 0 Å². The lowest BCUT2D eigenvalue weighted by Crippen LogP contribution is -2.14. The molecule has 4 heteroatoms. The third kappa shape index (κ3) is 3.83. The van der Waals surface area contributed by atoms with Crippen LogP contribution in [0.5, 0.6) is 0 Å². The Morgan fingerprint density at radius 3 is 2.60 bits per heavy atom. The van der Waals surface area contributed by atoms with Crippen molar-refractivity contribution in [2.45, 2.75) is 6.54 Å². The molecule has 4 nitrogen and oxygen atoms in total. The van der Waals surface area contributed by atoms with Gasteiger partial charge in [-0.05, 0) is 50.0 Å². The van der Waals surface area contributed by atoms with E-state index >= 15 is 0 Å². The fourth-order valence-electron chi connectivity index (χ4n) is 2.00. The van der Waals surface area contributed by atoms with Crippen molar-refractivity contribution in [1.82, 2.24) is 4.90 Å². The maximum atomic E-state index is 12.2. The minimum atomic E-state index is -0.129. The second-order valence-corrected chi connectivity index (χ2v) is 5.02. The fourth-order valence-corrected chi connectivity index (χ4v) is 2.00. The number of amides is 1. The molecule has 2 aromatic carbocycles. The number of carbonyl (C=O) groups excluding carboxylic acids is 1. The second kappa shape index (κ2) is 6.21. The predicted molar refractivity (Wildman–Crippen MR) is 82.6 cm³/mol. The number of nitrogen functional groups attached to an aromatic ring is 1. The summed E-state index contributed by atoms with van der Waals surface area (Å²) in [4.78, 5) is 14.3. The van der Waals surface area contributed by atoms with Gasteiger partial charge in [-0.15, -0.1) is 0 Å². The lowest BCUT2D eigenvalue weighted by Gasteiger charge is -2.11. The minimum absolute atomic E-state index is 0.129. The van der Waals surface area contributed by atoms with E-state index < -0.39 is 0 Å². The van der Waals surface area contributed by atoms with Gasteiger partial charge in [-0.1, -0.05) is 18.2 Å². The highest BCUT2D eigenvalue weighted by atomic mass is 16.1. The molecular weight excluding hydrogens is 250 g/mol. The number of rotatable bonds is 4. The molecule has 0 bridgehead atoms. The number of hydrogen-bond donors (Lipinski definition) is 2. The maximum absolute atomic E-state index is 12.2. The first kappa shape index (κ1) is 14.1. The van der Waals surface area contributed by atoms with Gasteiger partial charge in [0.2, 0.25) is 0 Å². The molecule has 3 N–H and O–H groups in total. The van der Waals surface area contributed by atoms with Crippen molar-refractivity contribution >= 4 is 17.3 Å². The smallest absolute Gasteiger partial charge is 0.255 e. The van der Waals surface area contributed by atoms with Crippen molar-refractivity contribution in [3.8, 4) is 0 Å². The van der Waals surface area contributed by atoms with Crippen molar-refractivity contribution in [2.75, 3.05) is 25.1 Å². The summed E-state index contributed by atoms with van der Waals surface area (Å²) < 4.78 is 0. The van der Waals surface area contributed by atoms with E-state index in [1.807, 2.05) is 44.4 Å². The van der Waals surface area contributed by atoms with E-state index in [0.717, 1.165) is 12.1 Å². The molecule has 0 atom stereocenters. The standard InChI is InChI=1S/C16H19N3O/c1-19(2)11-12-5-3-6-13(9-12)16(20)18-15-8-4-7-14(17)10-15/h3-10H,11,17H2,1-2H3,(H,18,20). The molecule has 2 aromatic rings. The molecule has 0 unspecified atom stereocenters. The second-order valence-electron chi connectivity index (χ2n) is 5.02. The van der Waals surface area contributed by atoms with E-state index in [2.05, 4.69) is 10.2 Å². The van der Waals surface area contributed by atoms with Gasteiger partial charge >= 0.3 is 0 Å². The number of hydrogen-bond acceptors (Lipinski definition) is 3. The van der Waals surface area contributed by atoms with Crippen LogP contribution in [0.15, 0.2) is 48.5 Å². The summed E-state index contributed by atoms with van der Waals surface area (Å²) in [5, 5.41) is 2.85. The minimum Gasteiger partial charge on any atom is -0.399 e. The van der Waals surface area contributed by atoms with Crippen LogP contribution in [0, 0.1) is 0 Å². The van der Waals surface area contributed by atoms with Crippen molar-refractivity contribution in [2.24, 2.45) is 0 Å². The van der Waals surface area contributed by atoms with Gasteiger partial charge < -0.3 is 16.0 Å². The van der Waals surface area contributed by atoms with Gasteiger partial charge in [0.15, 0.2) is 0 Å². The van der Waals surface area contributed by atoms with Crippen LogP contribution in [0.4, 0.5) is 11.4 Å². The molecule has 0 spiro atoms. The third-order valence-corrected chi connectivity index (χ3v) is 2.83. The molecule has 0 saturated heterocycles. The average molecular weight is 269 g/mol. The molecule has 0 radical (unpaired) electrons. The lowest BCUT2D eigenvalue weighted by atomic mass is 10.1. The Morgan fingerprint density at radius 2 is 1.90 bits per heavy atom. The van der Waals surface area contributed by atoms with E-state index in [1.54, 1.807) is 18.2 Å². The molecular formula is C16H19N3O. The number of benzene rings is 2. The van der Waals surface area contributed by atoms with Crippen LogP contribution in [0.3, 0.4) is 0 Å². The van der Waals surface area contributed by atoms with Gasteiger partial charge in [0.1, 0.15) is 0 Å². The summed E-state index contributed by atoms with van der Waals surface area (Å²) >= 11 is 0. The summed E-state index contributed by atoms with van der Waals surface area (Å²) in [7, 11) is 4.00. The first-order valence-corrected chi connectivity index (χ1v) is 6.45. The van der Waals surface area contributed by atoms with Gasteiger partial charge in [0, 0.05) is 23.5 Å². The molecule has 2 rings (SSSR count). The Hall–Kier alpha value is -2.33. The van der Waals surface area contributed by atoms with E-state index in [1.165, 1.54) is 0 Å². The van der Waals surface area contributed by atoms with Crippen LogP contribution in [-0.4, -0.2) is 24.9 Å². The molecule has 104 valence electrons. The van der Waals surface area contributed by atoms with Crippen molar-refractivity contribution in [3.05, 3.63) is 59.7 Å². The van der Waals surface area contributed by atoms with Crippen LogP contribution in [0.1, 0.15) is 15.9 Å². The fraction of sp³-hybridized carbons (Fsp3) is 0.188. The van der Waals surface area contributed by atoms with Crippen molar-refractivity contribution in [3.63, 3.8) is 0 Å². The average Bonchev–Trinajstić information content (AvgIpc) is 2.38. The summed E-state index contributed by atoms with van der Waals surface area (Å²) in [5.74, 6) is -0.129. The van der Waals surface area contributed by atoms with Gasteiger partial charge in [-0.2, -0.15) is 0 Å². The largest absolute Gasteiger partial charge is 0.399 e. The molecule has 0 aliphatic rings. The zero-order valence-electron chi connectivity index (χ0n) is 11.8. The molecule has 1 amide bonds. The van der Waals surface area contributed by atoms with E-state index in [4.69, 9.17) is 5.73 Å². The van der Waals surface area contributed by atoms with Crippen LogP contribution >= 0.6 is 0 Å². The first-order chi connectivity index (χ1) is 9.54. The highest BCUT2D eigenvalue weighted by Gasteiger charge is 2.07. The summed E-state index contributed by atoms with van der Waals surface area (Å²) in [5.41, 5.74) is 8.78. The Bertz CT molecular complexity index is 608. The van der Waals surface area contributed by atoms with E-state index in [9.17, 15) is 4.79 Å². The summed E-state index contributed by atoms with van der Waals surface area (Å²) in [6, 6.07) is 14.8. The van der Waals surface area contributed by atoms with Gasteiger partial charge in [-0.25, -0.2) is 0 Å². The van der Waals surface area contributed by atoms with Gasteiger partial charge in [0.25, 0.3) is 5.91 Å². The summed E-state index contributed by atoms with van der Waals surface area (Å²) in [6.45, 7) is 0.805. The van der Waals surface area contributed by atoms with Crippen molar-refractivity contribution < 1.29 is 4.79 Å². The van der Waals surface area contributed by atoms with Gasteiger partial charge in [0.05, 0.1) is 0 Å². The number of nitrogens with one attached hydrogen (secondary N) is 1. The number of nitrogens with zero attached hydrogens (tertiary/aromatic N) is 1. The Kier molecular flexibility index (Phi) is 4.38. The number of nitrogens with two attached hydrogens (primary N) is 1. The van der Waals surface area contributed by atoms with Crippen LogP contribution in [0.25, 0.3) is 0 Å². The van der Waals surface area contributed by atoms with E-state index in [0.29, 0.717) is 16.9 Å². The van der Waals surface area contributed by atoms with Crippen LogP contribution in [-0.2, 0) is 6.54 Å². The predicted octanol–water partition coefficient (Wildman–Crippen LogP) is 2.58. The quantitative estimate of drug-likeness (QED) is 0.839. The molecule has 20 heavy (non-hydrogen) atoms. The SMILES string of the molecule is CN(C)Cc1cccc(C(=O)Nc2cccc(N)c2)c1. The number of anilines is 2. The Labute approximate surface area is 119 Å². The number of carbonyl (C=O) groups is 1. The van der Waals surface area contributed by atoms with Crippen molar-refractivity contribution in [1.29, 1.82) is 0 Å². The highest BCUT2D eigenvalue weighted by molar-refractivity contribution is 6.04. The van der Waals surface area contributed by atoms with Crippen LogP contribution < -0.4 is 11.1 Å². The molecule has 0 heterocycles. The topological polar surface area (TPSA) is 58.4 Å². The van der Waals surface area contributed by atoms with Gasteiger partial charge in [-0.3, -0.25) is 4.79 Å². The molecule has 0 aliphatic heterocycles. The molecule has 0 aromatic heterocycles. The zero-order valence-corrected chi connectivity index (χ0v) is 11.8. The highest BCUT2D eigenvalue weighted by Crippen LogP contribution is 2.14. The Morgan fingerprint density at radius 1 is 1.15 bits per heavy atom.